The quantitative estimate of drug-likeness (QED) is 0.536. The van der Waals surface area contributed by atoms with E-state index in [2.05, 4.69) is 17.3 Å². The van der Waals surface area contributed by atoms with Crippen LogP contribution in [0.25, 0.3) is 10.9 Å². The summed E-state index contributed by atoms with van der Waals surface area (Å²) in [5.74, 6) is 1.19. The number of nitrogens with one attached hydrogen (secondary N) is 1. The molecule has 0 saturated carbocycles. The monoisotopic (exact) mass is 423 g/mol. The number of carbonyl (C=O) groups is 1. The van der Waals surface area contributed by atoms with E-state index >= 15 is 0 Å². The minimum Gasteiger partial charge on any atom is -0.490 e. The van der Waals surface area contributed by atoms with Gasteiger partial charge in [0, 0.05) is 5.39 Å². The minimum atomic E-state index is -0.234. The number of benzene rings is 2. The highest BCUT2D eigenvalue weighted by molar-refractivity contribution is 5.81. The Labute approximate surface area is 182 Å². The number of ether oxygens (including phenoxy) is 2. The SMILES string of the molecule is CCCOc1ccc([C@H](C)NC(=O)Cn2ncc(=O)c3ccccc32)cc1OCCC. The largest absolute Gasteiger partial charge is 0.490 e. The normalized spacial score (nSPS) is 11.8. The zero-order valence-corrected chi connectivity index (χ0v) is 18.3. The molecule has 0 spiro atoms. The van der Waals surface area contributed by atoms with Gasteiger partial charge in [0.2, 0.25) is 11.3 Å². The van der Waals surface area contributed by atoms with Gasteiger partial charge in [0.15, 0.2) is 11.5 Å². The molecule has 3 rings (SSSR count). The van der Waals surface area contributed by atoms with Crippen LogP contribution in [0.15, 0.2) is 53.5 Å². The van der Waals surface area contributed by atoms with Gasteiger partial charge in [-0.3, -0.25) is 14.3 Å². The lowest BCUT2D eigenvalue weighted by Crippen LogP contribution is -2.31. The van der Waals surface area contributed by atoms with Crippen LogP contribution in [0.4, 0.5) is 0 Å². The Morgan fingerprint density at radius 3 is 2.52 bits per heavy atom. The van der Waals surface area contributed by atoms with Crippen molar-refractivity contribution in [1.29, 1.82) is 0 Å². The van der Waals surface area contributed by atoms with Crippen molar-refractivity contribution in [3.8, 4) is 11.5 Å². The average Bonchev–Trinajstić information content (AvgIpc) is 2.78. The van der Waals surface area contributed by atoms with Gasteiger partial charge in [-0.15, -0.1) is 0 Å². The molecule has 0 aliphatic rings. The first-order valence-corrected chi connectivity index (χ1v) is 10.7. The Morgan fingerprint density at radius 2 is 1.77 bits per heavy atom. The van der Waals surface area contributed by atoms with Crippen molar-refractivity contribution in [2.24, 2.45) is 0 Å². The summed E-state index contributed by atoms with van der Waals surface area (Å²) in [4.78, 5) is 24.7. The minimum absolute atomic E-state index is 0.0159. The average molecular weight is 424 g/mol. The highest BCUT2D eigenvalue weighted by Crippen LogP contribution is 2.31. The van der Waals surface area contributed by atoms with Crippen molar-refractivity contribution >= 4 is 16.8 Å². The van der Waals surface area contributed by atoms with E-state index in [0.717, 1.165) is 18.4 Å². The summed E-state index contributed by atoms with van der Waals surface area (Å²) in [6.45, 7) is 7.25. The second-order valence-electron chi connectivity index (χ2n) is 7.38. The van der Waals surface area contributed by atoms with Gasteiger partial charge in [0.05, 0.1) is 31.0 Å². The molecule has 2 aromatic carbocycles. The molecule has 164 valence electrons. The second-order valence-corrected chi connectivity index (χ2v) is 7.38. The van der Waals surface area contributed by atoms with Crippen LogP contribution in [0.5, 0.6) is 11.5 Å². The van der Waals surface area contributed by atoms with E-state index in [4.69, 9.17) is 9.47 Å². The molecule has 1 aromatic heterocycles. The Bertz CT molecular complexity index is 1090. The molecule has 31 heavy (non-hydrogen) atoms. The summed E-state index contributed by atoms with van der Waals surface area (Å²) in [7, 11) is 0. The fourth-order valence-electron chi connectivity index (χ4n) is 3.24. The number of aromatic nitrogens is 2. The number of hydrogen-bond acceptors (Lipinski definition) is 5. The Balaban J connectivity index is 1.73. The number of carbonyl (C=O) groups excluding carboxylic acids is 1. The molecule has 7 nitrogen and oxygen atoms in total. The molecule has 1 amide bonds. The summed E-state index contributed by atoms with van der Waals surface area (Å²) in [6, 6.07) is 12.6. The maximum Gasteiger partial charge on any atom is 0.242 e. The van der Waals surface area contributed by atoms with Gasteiger partial charge >= 0.3 is 0 Å². The predicted molar refractivity (Wildman–Crippen MR) is 121 cm³/mol. The Kier molecular flexibility index (Phi) is 7.65. The van der Waals surface area contributed by atoms with E-state index in [1.54, 1.807) is 18.2 Å². The van der Waals surface area contributed by atoms with Crippen molar-refractivity contribution in [2.45, 2.75) is 46.2 Å². The van der Waals surface area contributed by atoms with E-state index in [1.165, 1.54) is 10.9 Å². The summed E-state index contributed by atoms with van der Waals surface area (Å²) in [5, 5.41) is 7.66. The molecule has 0 saturated heterocycles. The molecule has 0 unspecified atom stereocenters. The van der Waals surface area contributed by atoms with Crippen molar-refractivity contribution in [1.82, 2.24) is 15.1 Å². The molecule has 0 bridgehead atoms. The van der Waals surface area contributed by atoms with E-state index in [-0.39, 0.29) is 23.9 Å². The van der Waals surface area contributed by atoms with Gasteiger partial charge in [0.1, 0.15) is 6.54 Å². The highest BCUT2D eigenvalue weighted by Gasteiger charge is 2.15. The number of nitrogens with zero attached hydrogens (tertiary/aromatic N) is 2. The summed E-state index contributed by atoms with van der Waals surface area (Å²) in [5.41, 5.74) is 1.39. The van der Waals surface area contributed by atoms with Gasteiger partial charge in [-0.2, -0.15) is 5.10 Å². The van der Waals surface area contributed by atoms with Gasteiger partial charge in [-0.25, -0.2) is 0 Å². The van der Waals surface area contributed by atoms with Crippen LogP contribution in [-0.2, 0) is 11.3 Å². The smallest absolute Gasteiger partial charge is 0.242 e. The molecule has 0 aliphatic carbocycles. The zero-order chi connectivity index (χ0) is 22.2. The summed E-state index contributed by atoms with van der Waals surface area (Å²) in [6.07, 6.45) is 3.05. The van der Waals surface area contributed by atoms with Crippen LogP contribution >= 0.6 is 0 Å². The molecule has 1 heterocycles. The van der Waals surface area contributed by atoms with Crippen LogP contribution in [0.3, 0.4) is 0 Å². The first kappa shape index (κ1) is 22.3. The van der Waals surface area contributed by atoms with E-state index in [1.807, 2.05) is 38.1 Å². The lowest BCUT2D eigenvalue weighted by atomic mass is 10.1. The molecule has 0 radical (unpaired) electrons. The number of rotatable bonds is 10. The maximum atomic E-state index is 12.7. The lowest BCUT2D eigenvalue weighted by molar-refractivity contribution is -0.122. The van der Waals surface area contributed by atoms with Crippen LogP contribution in [0.2, 0.25) is 0 Å². The third-order valence-electron chi connectivity index (χ3n) is 4.82. The van der Waals surface area contributed by atoms with Crippen LogP contribution < -0.4 is 20.2 Å². The highest BCUT2D eigenvalue weighted by atomic mass is 16.5. The fraction of sp³-hybridized carbons (Fsp3) is 0.375. The Hall–Kier alpha value is -3.35. The van der Waals surface area contributed by atoms with Gasteiger partial charge < -0.3 is 14.8 Å². The fourth-order valence-corrected chi connectivity index (χ4v) is 3.24. The van der Waals surface area contributed by atoms with Crippen molar-refractivity contribution < 1.29 is 14.3 Å². The zero-order valence-electron chi connectivity index (χ0n) is 18.3. The third kappa shape index (κ3) is 5.63. The molecular formula is C24H29N3O4. The van der Waals surface area contributed by atoms with Crippen molar-refractivity contribution in [3.63, 3.8) is 0 Å². The molecule has 7 heteroatoms. The maximum absolute atomic E-state index is 12.7. The first-order chi connectivity index (χ1) is 15.0. The third-order valence-corrected chi connectivity index (χ3v) is 4.82. The van der Waals surface area contributed by atoms with E-state index in [9.17, 15) is 9.59 Å². The van der Waals surface area contributed by atoms with E-state index in [0.29, 0.717) is 35.6 Å². The standard InChI is InChI=1S/C24H29N3O4/c1-4-12-30-22-11-10-18(14-23(22)31-13-5-2)17(3)26-24(29)16-27-20-9-7-6-8-19(20)21(28)15-25-27/h6-11,14-15,17H,4-5,12-13,16H2,1-3H3,(H,26,29)/t17-/m0/s1. The molecule has 1 N–H and O–H groups in total. The van der Waals surface area contributed by atoms with Gasteiger partial charge in [-0.1, -0.05) is 32.0 Å². The molecule has 1 atom stereocenters. The number of amides is 1. The first-order valence-electron chi connectivity index (χ1n) is 10.7. The number of hydrogen-bond donors (Lipinski definition) is 1. The Morgan fingerprint density at radius 1 is 1.06 bits per heavy atom. The number of para-hydroxylation sites is 1. The van der Waals surface area contributed by atoms with Crippen LogP contribution in [0.1, 0.15) is 45.2 Å². The van der Waals surface area contributed by atoms with Crippen LogP contribution in [0, 0.1) is 0 Å². The molecule has 0 aliphatic heterocycles. The second kappa shape index (κ2) is 10.6. The lowest BCUT2D eigenvalue weighted by Gasteiger charge is -2.18. The molecular weight excluding hydrogens is 394 g/mol. The van der Waals surface area contributed by atoms with E-state index < -0.39 is 0 Å². The topological polar surface area (TPSA) is 82.5 Å². The van der Waals surface area contributed by atoms with Crippen molar-refractivity contribution in [2.75, 3.05) is 13.2 Å². The predicted octanol–water partition coefficient (Wildman–Crippen LogP) is 3.85. The van der Waals surface area contributed by atoms with Gasteiger partial charge in [-0.05, 0) is 49.6 Å². The van der Waals surface area contributed by atoms with Gasteiger partial charge in [0.25, 0.3) is 0 Å². The van der Waals surface area contributed by atoms with Crippen LogP contribution in [-0.4, -0.2) is 28.9 Å². The summed E-state index contributed by atoms with van der Waals surface area (Å²) < 4.78 is 13.2. The van der Waals surface area contributed by atoms with Crippen molar-refractivity contribution in [3.05, 3.63) is 64.4 Å². The summed E-state index contributed by atoms with van der Waals surface area (Å²) >= 11 is 0. The molecule has 0 fully saturated rings. The molecule has 3 aromatic rings. The number of fused-ring (bicyclic) bond motifs is 1.